The van der Waals surface area contributed by atoms with Crippen LogP contribution in [0.1, 0.15) is 64.4 Å². The number of rotatable bonds is 6. The second-order valence-corrected chi connectivity index (χ2v) is 8.86. The van der Waals surface area contributed by atoms with E-state index in [-0.39, 0.29) is 12.2 Å². The normalized spacial score (nSPS) is 18.3. The summed E-state index contributed by atoms with van der Waals surface area (Å²) in [7, 11) is 5.30. The summed E-state index contributed by atoms with van der Waals surface area (Å²) in [5.41, 5.74) is 1.92. The number of benzene rings is 2. The largest absolute Gasteiger partial charge is 0.493 e. The molecule has 0 aliphatic carbocycles. The Morgan fingerprint density at radius 3 is 2.24 bits per heavy atom. The number of hydrogen-bond acceptors (Lipinski definition) is 7. The summed E-state index contributed by atoms with van der Waals surface area (Å²) < 4.78 is 16.3. The summed E-state index contributed by atoms with van der Waals surface area (Å²) >= 11 is 0. The number of para-hydroxylation sites is 1. The number of hydrogen-bond donors (Lipinski definition) is 2. The monoisotopic (exact) mass is 532 g/mol. The van der Waals surface area contributed by atoms with E-state index in [0.29, 0.717) is 29.0 Å². The number of aliphatic hydroxyl groups excluding tert-OH is 1. The minimum absolute atomic E-state index is 0.0210. The van der Waals surface area contributed by atoms with Crippen LogP contribution in [0.3, 0.4) is 0 Å². The highest BCUT2D eigenvalue weighted by Gasteiger charge is 2.49. The highest BCUT2D eigenvalue weighted by atomic mass is 16.5. The zero-order valence-corrected chi connectivity index (χ0v) is 25.3. The van der Waals surface area contributed by atoms with Gasteiger partial charge in [-0.15, -0.1) is 0 Å². The topological polar surface area (TPSA) is 80.3 Å². The van der Waals surface area contributed by atoms with Crippen LogP contribution in [-0.4, -0.2) is 75.4 Å². The van der Waals surface area contributed by atoms with Crippen LogP contribution >= 0.6 is 0 Å². The number of aldehydes is 1. The van der Waals surface area contributed by atoms with E-state index < -0.39 is 0 Å². The van der Waals surface area contributed by atoms with Crippen molar-refractivity contribution in [3.8, 4) is 17.2 Å². The Labute approximate surface area is 231 Å². The molecule has 216 valence electrons. The van der Waals surface area contributed by atoms with Gasteiger partial charge in [0.2, 0.25) is 0 Å². The number of methoxy groups -OCH3 is 2. The summed E-state index contributed by atoms with van der Waals surface area (Å²) in [6.07, 6.45) is 1.81. The zero-order chi connectivity index (χ0) is 29.1. The Morgan fingerprint density at radius 2 is 1.71 bits per heavy atom. The first kappa shape index (κ1) is 35.4. The average Bonchev–Trinajstić information content (AvgIpc) is 3.53. The molecule has 2 aromatic carbocycles. The van der Waals surface area contributed by atoms with Crippen LogP contribution in [0.5, 0.6) is 17.2 Å². The van der Waals surface area contributed by atoms with Gasteiger partial charge in [0.1, 0.15) is 17.6 Å². The first-order chi connectivity index (χ1) is 18.3. The van der Waals surface area contributed by atoms with Gasteiger partial charge >= 0.3 is 0 Å². The van der Waals surface area contributed by atoms with E-state index in [1.807, 2.05) is 27.7 Å². The Balaban J connectivity index is 0.000000621. The third-order valence-corrected chi connectivity index (χ3v) is 6.27. The molecule has 0 bridgehead atoms. The Bertz CT molecular complexity index is 879. The van der Waals surface area contributed by atoms with E-state index >= 15 is 0 Å². The van der Waals surface area contributed by atoms with Crippen LogP contribution in [0.4, 0.5) is 0 Å². The Morgan fingerprint density at radius 1 is 1.11 bits per heavy atom. The predicted octanol–water partition coefficient (Wildman–Crippen LogP) is 5.49. The van der Waals surface area contributed by atoms with Crippen LogP contribution in [-0.2, 0) is 6.42 Å². The quantitative estimate of drug-likeness (QED) is 0.477. The van der Waals surface area contributed by atoms with Gasteiger partial charge in [-0.3, -0.25) is 4.79 Å². The fraction of sp³-hybridized carbons (Fsp3) is 0.581. The van der Waals surface area contributed by atoms with Gasteiger partial charge in [-0.1, -0.05) is 45.9 Å². The smallest absolute Gasteiger partial charge is 0.161 e. The van der Waals surface area contributed by atoms with E-state index in [9.17, 15) is 4.79 Å². The summed E-state index contributed by atoms with van der Waals surface area (Å²) in [6, 6.07) is 14.1. The maximum Gasteiger partial charge on any atom is 0.161 e. The molecule has 38 heavy (non-hydrogen) atoms. The van der Waals surface area contributed by atoms with E-state index in [4.69, 9.17) is 19.3 Å². The van der Waals surface area contributed by atoms with Crippen molar-refractivity contribution < 1.29 is 24.1 Å². The van der Waals surface area contributed by atoms with Crippen molar-refractivity contribution in [3.05, 3.63) is 53.6 Å². The molecule has 1 spiro atoms. The third kappa shape index (κ3) is 10.3. The van der Waals surface area contributed by atoms with E-state index in [1.165, 1.54) is 12.7 Å². The molecule has 7 heteroatoms. The molecule has 0 amide bonds. The molecule has 2 N–H and O–H groups in total. The minimum atomic E-state index is -0.0210. The first-order valence-corrected chi connectivity index (χ1v) is 13.8. The van der Waals surface area contributed by atoms with Crippen molar-refractivity contribution in [3.63, 3.8) is 0 Å². The van der Waals surface area contributed by atoms with Crippen molar-refractivity contribution in [2.45, 2.75) is 66.5 Å². The standard InChI is InChI=1S/C16H24N2O.C9H10O3.C2H6O.2C2H6/c1-12(2)18(3)10-14-9-17-11-16(14)8-13-6-4-5-7-15(13)19-16;1-11-8-4-3-7(6-10)5-9(8)12-2;1-2-3;2*1-2/h4-7,12,14,17H,8-11H2,1-3H3;3-6H,1-2H3;3H,2H2,1H3;2*1-2H3/t14-,16?;;;;/m0..../s1. The lowest BCUT2D eigenvalue weighted by Crippen LogP contribution is -2.47. The summed E-state index contributed by atoms with van der Waals surface area (Å²) in [5, 5.41) is 11.1. The van der Waals surface area contributed by atoms with Crippen molar-refractivity contribution in [1.82, 2.24) is 10.2 Å². The number of aliphatic hydroxyl groups is 1. The summed E-state index contributed by atoms with van der Waals surface area (Å²) in [6.45, 7) is 17.6. The predicted molar refractivity (Wildman–Crippen MR) is 158 cm³/mol. The highest BCUT2D eigenvalue weighted by molar-refractivity contribution is 5.76. The maximum absolute atomic E-state index is 10.4. The molecule has 7 nitrogen and oxygen atoms in total. The second-order valence-electron chi connectivity index (χ2n) is 8.86. The molecule has 1 unspecified atom stereocenters. The number of carbonyl (C=O) groups excluding carboxylic acids is 1. The van der Waals surface area contributed by atoms with Crippen molar-refractivity contribution >= 4 is 6.29 Å². The molecule has 2 heterocycles. The van der Waals surface area contributed by atoms with Crippen molar-refractivity contribution in [2.24, 2.45) is 5.92 Å². The van der Waals surface area contributed by atoms with Crippen LogP contribution in [0.15, 0.2) is 42.5 Å². The summed E-state index contributed by atoms with van der Waals surface area (Å²) in [5.74, 6) is 2.85. The fourth-order valence-electron chi connectivity index (χ4n) is 4.16. The molecule has 2 aliphatic rings. The number of nitrogens with one attached hydrogen (secondary N) is 1. The van der Waals surface area contributed by atoms with Crippen LogP contribution in [0.25, 0.3) is 0 Å². The van der Waals surface area contributed by atoms with Gasteiger partial charge in [-0.05, 0) is 57.6 Å². The lowest BCUT2D eigenvalue weighted by Gasteiger charge is -2.34. The highest BCUT2D eigenvalue weighted by Crippen LogP contribution is 2.41. The van der Waals surface area contributed by atoms with E-state index in [1.54, 1.807) is 32.2 Å². The SMILES string of the molecule is CC.CC.CC(C)N(C)C[C@@H]1CNCC12Cc1ccccc1O2.CCO.COc1ccc(C=O)cc1OC. The number of ether oxygens (including phenoxy) is 3. The molecule has 4 rings (SSSR count). The van der Waals surface area contributed by atoms with Gasteiger partial charge in [0.05, 0.1) is 14.2 Å². The average molecular weight is 533 g/mol. The van der Waals surface area contributed by atoms with Gasteiger partial charge in [-0.25, -0.2) is 0 Å². The van der Waals surface area contributed by atoms with Gasteiger partial charge in [0.15, 0.2) is 11.5 Å². The van der Waals surface area contributed by atoms with Gasteiger partial charge in [0.25, 0.3) is 0 Å². The molecule has 2 atom stereocenters. The number of carbonyl (C=O) groups is 1. The number of fused-ring (bicyclic) bond motifs is 1. The number of nitrogens with zero attached hydrogens (tertiary/aromatic N) is 1. The zero-order valence-electron chi connectivity index (χ0n) is 25.3. The molecule has 0 aromatic heterocycles. The molecule has 1 fully saturated rings. The minimum Gasteiger partial charge on any atom is -0.493 e. The van der Waals surface area contributed by atoms with Gasteiger partial charge < -0.3 is 29.5 Å². The first-order valence-electron chi connectivity index (χ1n) is 13.8. The van der Waals surface area contributed by atoms with Crippen LogP contribution in [0.2, 0.25) is 0 Å². The molecule has 0 saturated carbocycles. The maximum atomic E-state index is 10.4. The lowest BCUT2D eigenvalue weighted by molar-refractivity contribution is 0.0478. The lowest BCUT2D eigenvalue weighted by atomic mass is 9.86. The van der Waals surface area contributed by atoms with E-state index in [2.05, 4.69) is 55.4 Å². The van der Waals surface area contributed by atoms with Crippen LogP contribution < -0.4 is 19.5 Å². The Hall–Kier alpha value is -2.61. The molecule has 2 aliphatic heterocycles. The fourth-order valence-corrected chi connectivity index (χ4v) is 4.16. The molecule has 0 radical (unpaired) electrons. The molecular formula is C31H52N2O5. The van der Waals surface area contributed by atoms with Gasteiger partial charge in [-0.2, -0.15) is 0 Å². The van der Waals surface area contributed by atoms with Crippen molar-refractivity contribution in [1.29, 1.82) is 0 Å². The van der Waals surface area contributed by atoms with Gasteiger partial charge in [0, 0.05) is 50.2 Å². The molecule has 2 aromatic rings. The Kier molecular flexibility index (Phi) is 18.1. The second kappa shape index (κ2) is 19.5. The molecular weight excluding hydrogens is 480 g/mol. The van der Waals surface area contributed by atoms with Crippen molar-refractivity contribution in [2.75, 3.05) is 47.5 Å². The molecule has 1 saturated heterocycles. The van der Waals surface area contributed by atoms with Crippen LogP contribution in [0, 0.1) is 5.92 Å². The van der Waals surface area contributed by atoms with E-state index in [0.717, 1.165) is 38.1 Å². The third-order valence-electron chi connectivity index (χ3n) is 6.27. The summed E-state index contributed by atoms with van der Waals surface area (Å²) in [4.78, 5) is 12.8.